The van der Waals surface area contributed by atoms with E-state index >= 15 is 0 Å². The van der Waals surface area contributed by atoms with Crippen molar-refractivity contribution in [2.45, 2.75) is 5.41 Å². The lowest BCUT2D eigenvalue weighted by molar-refractivity contribution is 0.0686. The maximum absolute atomic E-state index is 11.2. The van der Waals surface area contributed by atoms with E-state index in [1.165, 1.54) is 24.3 Å². The maximum atomic E-state index is 11.2. The first-order valence-electron chi connectivity index (χ1n) is 14.3. The summed E-state index contributed by atoms with van der Waals surface area (Å²) in [6.45, 7) is 0. The molecule has 0 atom stereocenters. The van der Waals surface area contributed by atoms with Crippen LogP contribution in [0.4, 0.5) is 0 Å². The number of aromatic carboxylic acids is 2. The van der Waals surface area contributed by atoms with Crippen LogP contribution in [0.15, 0.2) is 158 Å². The van der Waals surface area contributed by atoms with Crippen LogP contribution in [0.1, 0.15) is 43.0 Å². The molecule has 0 radical (unpaired) electrons. The molecule has 0 aliphatic heterocycles. The average molecular weight is 593 g/mol. The summed E-state index contributed by atoms with van der Waals surface area (Å²) in [6, 6.07) is 49.1. The SMILES string of the molecule is O=C(O)c1ccc(Oc2ccc(C(c3ccccc3)(c3ccccc3)c3ccc(Oc4ccc(C(=O)O)cc4)cc3)cc2)cc1. The van der Waals surface area contributed by atoms with E-state index in [2.05, 4.69) is 48.5 Å². The minimum Gasteiger partial charge on any atom is -0.478 e. The Balaban J connectivity index is 1.40. The lowest BCUT2D eigenvalue weighted by Crippen LogP contribution is -2.30. The van der Waals surface area contributed by atoms with Crippen LogP contribution in [0.3, 0.4) is 0 Å². The largest absolute Gasteiger partial charge is 0.478 e. The van der Waals surface area contributed by atoms with Crippen LogP contribution >= 0.6 is 0 Å². The van der Waals surface area contributed by atoms with Crippen molar-refractivity contribution in [3.05, 3.63) is 191 Å². The summed E-state index contributed by atoms with van der Waals surface area (Å²) < 4.78 is 12.1. The number of hydrogen-bond acceptors (Lipinski definition) is 4. The van der Waals surface area contributed by atoms with Crippen LogP contribution in [0.2, 0.25) is 0 Å². The van der Waals surface area contributed by atoms with Crippen LogP contribution in [-0.2, 0) is 5.41 Å². The number of carboxylic acid groups (broad SMARTS) is 2. The van der Waals surface area contributed by atoms with Crippen LogP contribution in [0.5, 0.6) is 23.0 Å². The normalized spacial score (nSPS) is 11.0. The molecule has 6 aromatic carbocycles. The zero-order valence-electron chi connectivity index (χ0n) is 24.0. The fourth-order valence-corrected chi connectivity index (χ4v) is 5.53. The van der Waals surface area contributed by atoms with Crippen LogP contribution in [0.25, 0.3) is 0 Å². The van der Waals surface area contributed by atoms with Gasteiger partial charge in [-0.25, -0.2) is 9.59 Å². The second-order valence-electron chi connectivity index (χ2n) is 10.4. The monoisotopic (exact) mass is 592 g/mol. The summed E-state index contributed by atoms with van der Waals surface area (Å²) in [4.78, 5) is 22.4. The van der Waals surface area contributed by atoms with Crippen molar-refractivity contribution in [1.82, 2.24) is 0 Å². The Morgan fingerprint density at radius 2 is 0.644 bits per heavy atom. The van der Waals surface area contributed by atoms with Gasteiger partial charge in [0.25, 0.3) is 0 Å². The molecule has 0 bridgehead atoms. The van der Waals surface area contributed by atoms with E-state index in [9.17, 15) is 19.8 Å². The van der Waals surface area contributed by atoms with Gasteiger partial charge in [-0.15, -0.1) is 0 Å². The summed E-state index contributed by atoms with van der Waals surface area (Å²) in [5.41, 5.74) is 3.89. The molecule has 2 N–H and O–H groups in total. The molecule has 45 heavy (non-hydrogen) atoms. The Kier molecular flexibility index (Phi) is 8.12. The van der Waals surface area contributed by atoms with Crippen molar-refractivity contribution < 1.29 is 29.3 Å². The fraction of sp³-hybridized carbons (Fsp3) is 0.0256. The van der Waals surface area contributed by atoms with E-state index in [1.54, 1.807) is 24.3 Å². The molecular formula is C39H28O6. The summed E-state index contributed by atoms with van der Waals surface area (Å²) in [7, 11) is 0. The minimum absolute atomic E-state index is 0.195. The minimum atomic E-state index is -0.988. The third-order valence-electron chi connectivity index (χ3n) is 7.66. The van der Waals surface area contributed by atoms with Crippen LogP contribution < -0.4 is 9.47 Å². The highest BCUT2D eigenvalue weighted by Gasteiger charge is 2.38. The molecular weight excluding hydrogens is 564 g/mol. The fourth-order valence-electron chi connectivity index (χ4n) is 5.53. The highest BCUT2D eigenvalue weighted by molar-refractivity contribution is 5.88. The van der Waals surface area contributed by atoms with Gasteiger partial charge in [0, 0.05) is 0 Å². The zero-order chi connectivity index (χ0) is 31.2. The topological polar surface area (TPSA) is 93.1 Å². The van der Waals surface area contributed by atoms with Gasteiger partial charge in [0.15, 0.2) is 0 Å². The van der Waals surface area contributed by atoms with E-state index in [4.69, 9.17) is 9.47 Å². The molecule has 0 aliphatic carbocycles. The summed E-state index contributed by atoms with van der Waals surface area (Å²) >= 11 is 0. The Hall–Kier alpha value is -6.14. The molecule has 6 rings (SSSR count). The van der Waals surface area contributed by atoms with Crippen molar-refractivity contribution in [2.24, 2.45) is 0 Å². The Bertz CT molecular complexity index is 1750. The first kappa shape index (κ1) is 29.0. The smallest absolute Gasteiger partial charge is 0.335 e. The van der Waals surface area contributed by atoms with Gasteiger partial charge in [0.1, 0.15) is 23.0 Å². The number of benzene rings is 6. The van der Waals surface area contributed by atoms with Crippen molar-refractivity contribution in [3.8, 4) is 23.0 Å². The maximum Gasteiger partial charge on any atom is 0.335 e. The predicted molar refractivity (Wildman–Crippen MR) is 172 cm³/mol. The number of carbonyl (C=O) groups is 2. The predicted octanol–water partition coefficient (Wildman–Crippen LogP) is 9.05. The average Bonchev–Trinajstić information content (AvgIpc) is 3.08. The highest BCUT2D eigenvalue weighted by atomic mass is 16.5. The molecule has 0 aliphatic rings. The van der Waals surface area contributed by atoms with Crippen molar-refractivity contribution in [3.63, 3.8) is 0 Å². The third-order valence-corrected chi connectivity index (χ3v) is 7.66. The standard InChI is InChI=1S/C39H28O6/c40-37(41)27-11-19-33(20-12-27)44-35-23-15-31(16-24-35)39(29-7-3-1-4-8-29,30-9-5-2-6-10-30)32-17-25-36(26-18-32)45-34-21-13-28(14-22-34)38(42)43/h1-26H,(H,40,41)(H,42,43). The molecule has 0 saturated heterocycles. The lowest BCUT2D eigenvalue weighted by Gasteiger charge is -2.37. The molecule has 0 amide bonds. The number of ether oxygens (including phenoxy) is 2. The van der Waals surface area contributed by atoms with E-state index in [0.29, 0.717) is 23.0 Å². The number of rotatable bonds is 10. The second-order valence-corrected chi connectivity index (χ2v) is 10.4. The Morgan fingerprint density at radius 3 is 0.933 bits per heavy atom. The molecule has 0 fully saturated rings. The third kappa shape index (κ3) is 6.03. The summed E-state index contributed by atoms with van der Waals surface area (Å²) in [6.07, 6.45) is 0. The lowest BCUT2D eigenvalue weighted by atomic mass is 9.65. The molecule has 220 valence electrons. The van der Waals surface area contributed by atoms with E-state index in [0.717, 1.165) is 22.3 Å². The quantitative estimate of drug-likeness (QED) is 0.154. The second kappa shape index (κ2) is 12.6. The molecule has 0 aromatic heterocycles. The van der Waals surface area contributed by atoms with E-state index in [1.807, 2.05) is 60.7 Å². The first-order valence-corrected chi connectivity index (χ1v) is 14.3. The van der Waals surface area contributed by atoms with Gasteiger partial charge in [0.2, 0.25) is 0 Å². The molecule has 0 spiro atoms. The van der Waals surface area contributed by atoms with Gasteiger partial charge in [0.05, 0.1) is 16.5 Å². The molecule has 6 heteroatoms. The van der Waals surface area contributed by atoms with Gasteiger partial charge in [-0.1, -0.05) is 84.9 Å². The van der Waals surface area contributed by atoms with E-state index in [-0.39, 0.29) is 11.1 Å². The number of hydrogen-bond donors (Lipinski definition) is 2. The Labute approximate surface area is 260 Å². The molecule has 0 heterocycles. The molecule has 6 nitrogen and oxygen atoms in total. The first-order chi connectivity index (χ1) is 21.9. The number of carboxylic acids is 2. The van der Waals surface area contributed by atoms with Crippen molar-refractivity contribution in [1.29, 1.82) is 0 Å². The van der Waals surface area contributed by atoms with Gasteiger partial charge < -0.3 is 19.7 Å². The Morgan fingerprint density at radius 1 is 0.378 bits per heavy atom. The molecule has 6 aromatic rings. The van der Waals surface area contributed by atoms with E-state index < -0.39 is 17.4 Å². The molecule has 0 unspecified atom stereocenters. The van der Waals surface area contributed by atoms with Crippen molar-refractivity contribution in [2.75, 3.05) is 0 Å². The van der Waals surface area contributed by atoms with Crippen LogP contribution in [0, 0.1) is 0 Å². The van der Waals surface area contributed by atoms with Crippen LogP contribution in [-0.4, -0.2) is 22.2 Å². The zero-order valence-corrected chi connectivity index (χ0v) is 24.0. The summed E-state index contributed by atoms with van der Waals surface area (Å²) in [5, 5.41) is 18.4. The highest BCUT2D eigenvalue weighted by Crippen LogP contribution is 2.46. The van der Waals surface area contributed by atoms with Gasteiger partial charge >= 0.3 is 11.9 Å². The van der Waals surface area contributed by atoms with Gasteiger partial charge in [-0.3, -0.25) is 0 Å². The van der Waals surface area contributed by atoms with Gasteiger partial charge in [-0.2, -0.15) is 0 Å². The van der Waals surface area contributed by atoms with Crippen molar-refractivity contribution >= 4 is 11.9 Å². The molecule has 0 saturated carbocycles. The van der Waals surface area contributed by atoms with Gasteiger partial charge in [-0.05, 0) is 95.1 Å². The summed E-state index contributed by atoms with van der Waals surface area (Å²) in [5.74, 6) is 0.344.